The molecule has 2 aromatic carbocycles. The molecule has 0 saturated heterocycles. The van der Waals surface area contributed by atoms with Crippen molar-refractivity contribution in [3.63, 3.8) is 0 Å². The largest absolute Gasteiger partial charge is 0.0654 e. The monoisotopic (exact) mass is 388 g/mol. The first kappa shape index (κ1) is 19.5. The summed E-state index contributed by atoms with van der Waals surface area (Å²) >= 11 is 3.57. The highest BCUT2D eigenvalue weighted by Gasteiger charge is 2.23. The Kier molecular flexibility index (Phi) is 7.81. The molecule has 2 rings (SSSR count). The summed E-state index contributed by atoms with van der Waals surface area (Å²) < 4.78 is 1.16. The minimum Gasteiger partial charge on any atom is -0.0654 e. The minimum atomic E-state index is 0.451. The van der Waals surface area contributed by atoms with E-state index in [2.05, 4.69) is 73.1 Å². The third-order valence-corrected chi connectivity index (χ3v) is 5.76. The molecule has 0 aliphatic rings. The molecular weight excluding hydrogens is 356 g/mol. The van der Waals surface area contributed by atoms with E-state index in [0.717, 1.165) is 4.47 Å². The van der Waals surface area contributed by atoms with Gasteiger partial charge in [-0.2, -0.15) is 0 Å². The van der Waals surface area contributed by atoms with Gasteiger partial charge in [0.1, 0.15) is 0 Å². The van der Waals surface area contributed by atoms with E-state index in [0.29, 0.717) is 5.41 Å². The lowest BCUT2D eigenvalue weighted by atomic mass is 9.75. The van der Waals surface area contributed by atoms with Crippen LogP contribution in [0.25, 0.3) is 10.8 Å². The van der Waals surface area contributed by atoms with Crippen LogP contribution in [0.2, 0.25) is 0 Å². The molecule has 0 aromatic heterocycles. The van der Waals surface area contributed by atoms with Crippen molar-refractivity contribution >= 4 is 26.7 Å². The third kappa shape index (κ3) is 5.92. The zero-order valence-corrected chi connectivity index (χ0v) is 17.3. The van der Waals surface area contributed by atoms with Crippen molar-refractivity contribution in [3.8, 4) is 0 Å². The van der Waals surface area contributed by atoms with Crippen LogP contribution in [0.1, 0.15) is 77.7 Å². The second-order valence-corrected chi connectivity index (χ2v) is 8.64. The molecular formula is C23H33Br. The van der Waals surface area contributed by atoms with E-state index in [1.165, 1.54) is 74.1 Å². The van der Waals surface area contributed by atoms with Crippen LogP contribution in [-0.2, 0) is 6.42 Å². The first-order valence-corrected chi connectivity index (χ1v) is 10.5. The second-order valence-electron chi connectivity index (χ2n) is 7.73. The lowest BCUT2D eigenvalue weighted by Gasteiger charge is -2.30. The fourth-order valence-electron chi connectivity index (χ4n) is 3.75. The molecule has 0 aliphatic heterocycles. The average Bonchev–Trinajstić information content (AvgIpc) is 2.57. The maximum absolute atomic E-state index is 3.57. The molecule has 132 valence electrons. The zero-order chi connectivity index (χ0) is 17.4. The maximum atomic E-state index is 3.57. The van der Waals surface area contributed by atoms with Crippen LogP contribution < -0.4 is 0 Å². The lowest BCUT2D eigenvalue weighted by molar-refractivity contribution is 0.251. The number of halogens is 1. The molecule has 2 aromatic rings. The van der Waals surface area contributed by atoms with Gasteiger partial charge in [0.2, 0.25) is 0 Å². The fourth-order valence-corrected chi connectivity index (χ4v) is 4.13. The summed E-state index contributed by atoms with van der Waals surface area (Å²) in [6, 6.07) is 13.6. The fraction of sp³-hybridized carbons (Fsp3) is 0.565. The molecule has 0 aliphatic carbocycles. The van der Waals surface area contributed by atoms with Gasteiger partial charge < -0.3 is 0 Å². The van der Waals surface area contributed by atoms with Gasteiger partial charge in [0.15, 0.2) is 0 Å². The number of fused-ring (bicyclic) bond motifs is 1. The summed E-state index contributed by atoms with van der Waals surface area (Å²) in [5.74, 6) is 0. The number of rotatable bonds is 10. The van der Waals surface area contributed by atoms with Crippen molar-refractivity contribution in [1.82, 2.24) is 0 Å². The van der Waals surface area contributed by atoms with Gasteiger partial charge in [0.25, 0.3) is 0 Å². The summed E-state index contributed by atoms with van der Waals surface area (Å²) in [6.45, 7) is 7.12. The molecule has 0 radical (unpaired) electrons. The Morgan fingerprint density at radius 3 is 2.21 bits per heavy atom. The van der Waals surface area contributed by atoms with Gasteiger partial charge in [-0.1, -0.05) is 99.5 Å². The Bertz CT molecular complexity index is 631. The van der Waals surface area contributed by atoms with Crippen molar-refractivity contribution in [2.45, 2.75) is 78.6 Å². The zero-order valence-electron chi connectivity index (χ0n) is 15.7. The van der Waals surface area contributed by atoms with Crippen LogP contribution in [0.4, 0.5) is 0 Å². The van der Waals surface area contributed by atoms with Crippen LogP contribution in [0, 0.1) is 5.41 Å². The van der Waals surface area contributed by atoms with E-state index in [-0.39, 0.29) is 0 Å². The van der Waals surface area contributed by atoms with Crippen molar-refractivity contribution in [2.75, 3.05) is 0 Å². The van der Waals surface area contributed by atoms with Crippen LogP contribution in [0.5, 0.6) is 0 Å². The van der Waals surface area contributed by atoms with E-state index in [1.54, 1.807) is 0 Å². The molecule has 0 N–H and O–H groups in total. The lowest BCUT2D eigenvalue weighted by Crippen LogP contribution is -2.20. The van der Waals surface area contributed by atoms with Gasteiger partial charge in [0, 0.05) is 4.47 Å². The Hall–Kier alpha value is -0.820. The summed E-state index contributed by atoms with van der Waals surface area (Å²) in [6.07, 6.45) is 12.1. The molecule has 0 amide bonds. The highest BCUT2D eigenvalue weighted by Crippen LogP contribution is 2.35. The summed E-state index contributed by atoms with van der Waals surface area (Å²) in [5.41, 5.74) is 1.95. The third-order valence-electron chi connectivity index (χ3n) is 5.27. The molecule has 0 heterocycles. The van der Waals surface area contributed by atoms with Gasteiger partial charge >= 0.3 is 0 Å². The van der Waals surface area contributed by atoms with Gasteiger partial charge in [0.05, 0.1) is 0 Å². The van der Waals surface area contributed by atoms with Crippen molar-refractivity contribution < 1.29 is 0 Å². The topological polar surface area (TPSA) is 0 Å². The van der Waals surface area contributed by atoms with Gasteiger partial charge in [-0.05, 0) is 53.1 Å². The Morgan fingerprint density at radius 1 is 0.792 bits per heavy atom. The highest BCUT2D eigenvalue weighted by molar-refractivity contribution is 9.10. The van der Waals surface area contributed by atoms with Crippen LogP contribution in [0.15, 0.2) is 40.9 Å². The SMILES string of the molecule is CCCCCCC(C)(CCCC)Cc1ccc2cc(Br)ccc2c1. The molecule has 0 fully saturated rings. The molecule has 0 bridgehead atoms. The van der Waals surface area contributed by atoms with Crippen molar-refractivity contribution in [2.24, 2.45) is 5.41 Å². The van der Waals surface area contributed by atoms with Gasteiger partial charge in [-0.3, -0.25) is 0 Å². The number of hydrogen-bond donors (Lipinski definition) is 0. The molecule has 0 nitrogen and oxygen atoms in total. The van der Waals surface area contributed by atoms with Crippen LogP contribution in [0.3, 0.4) is 0 Å². The van der Waals surface area contributed by atoms with E-state index >= 15 is 0 Å². The van der Waals surface area contributed by atoms with Gasteiger partial charge in [-0.15, -0.1) is 0 Å². The Labute approximate surface area is 157 Å². The molecule has 1 atom stereocenters. The predicted molar refractivity (Wildman–Crippen MR) is 112 cm³/mol. The van der Waals surface area contributed by atoms with Crippen LogP contribution in [-0.4, -0.2) is 0 Å². The van der Waals surface area contributed by atoms with E-state index in [1.807, 2.05) is 0 Å². The van der Waals surface area contributed by atoms with E-state index < -0.39 is 0 Å². The average molecular weight is 389 g/mol. The highest BCUT2D eigenvalue weighted by atomic mass is 79.9. The number of unbranched alkanes of at least 4 members (excludes halogenated alkanes) is 4. The minimum absolute atomic E-state index is 0.451. The molecule has 24 heavy (non-hydrogen) atoms. The summed E-state index contributed by atoms with van der Waals surface area (Å²) in [5, 5.41) is 2.69. The Morgan fingerprint density at radius 2 is 1.46 bits per heavy atom. The van der Waals surface area contributed by atoms with E-state index in [4.69, 9.17) is 0 Å². The van der Waals surface area contributed by atoms with Crippen molar-refractivity contribution in [1.29, 1.82) is 0 Å². The Balaban J connectivity index is 2.10. The molecule has 0 spiro atoms. The molecule has 1 unspecified atom stereocenters. The quantitative estimate of drug-likeness (QED) is 0.358. The first-order valence-electron chi connectivity index (χ1n) is 9.74. The maximum Gasteiger partial charge on any atom is 0.0181 e. The van der Waals surface area contributed by atoms with Crippen molar-refractivity contribution in [3.05, 3.63) is 46.4 Å². The van der Waals surface area contributed by atoms with E-state index in [9.17, 15) is 0 Å². The molecule has 1 heteroatoms. The van der Waals surface area contributed by atoms with Crippen LogP contribution >= 0.6 is 15.9 Å². The summed E-state index contributed by atoms with van der Waals surface area (Å²) in [7, 11) is 0. The standard InChI is InChI=1S/C23H33Br/c1-4-6-8-9-15-23(3,14-7-5-2)18-19-10-11-21-17-22(24)13-12-20(21)16-19/h10-13,16-17H,4-9,14-15,18H2,1-3H3. The first-order chi connectivity index (χ1) is 11.6. The van der Waals surface area contributed by atoms with Gasteiger partial charge in [-0.25, -0.2) is 0 Å². The number of benzene rings is 2. The number of hydrogen-bond acceptors (Lipinski definition) is 0. The summed E-state index contributed by atoms with van der Waals surface area (Å²) in [4.78, 5) is 0. The second kappa shape index (κ2) is 9.61. The predicted octanol–water partition coefficient (Wildman–Crippen LogP) is 8.31. The smallest absolute Gasteiger partial charge is 0.0181 e. The molecule has 0 saturated carbocycles. The normalized spacial score (nSPS) is 14.0.